The summed E-state index contributed by atoms with van der Waals surface area (Å²) < 4.78 is 23.0. The van der Waals surface area contributed by atoms with Gasteiger partial charge in [-0.3, -0.25) is 4.79 Å². The van der Waals surface area contributed by atoms with Gasteiger partial charge in [-0.1, -0.05) is 12.0 Å². The molecule has 5 nitrogen and oxygen atoms in total. The van der Waals surface area contributed by atoms with Crippen molar-refractivity contribution in [3.63, 3.8) is 0 Å². The highest BCUT2D eigenvalue weighted by Crippen LogP contribution is 2.11. The fourth-order valence-electron chi connectivity index (χ4n) is 2.12. The lowest BCUT2D eigenvalue weighted by Crippen LogP contribution is -2.46. The Morgan fingerprint density at radius 1 is 1.50 bits per heavy atom. The zero-order valence-electron chi connectivity index (χ0n) is 10.9. The molecule has 2 N–H and O–H groups in total. The van der Waals surface area contributed by atoms with Crippen molar-refractivity contribution in [1.82, 2.24) is 5.32 Å². The second-order valence-corrected chi connectivity index (χ2v) is 6.97. The number of benzene rings is 1. The highest BCUT2D eigenvalue weighted by atomic mass is 32.2. The van der Waals surface area contributed by atoms with Crippen LogP contribution in [0.25, 0.3) is 0 Å². The molecule has 106 valence electrons. The Balaban J connectivity index is 1.94. The van der Waals surface area contributed by atoms with Gasteiger partial charge in [-0.25, -0.2) is 8.42 Å². The molecular formula is C14H16N2O3S. The second kappa shape index (κ2) is 6.07. The Kier molecular flexibility index (Phi) is 4.42. The van der Waals surface area contributed by atoms with Gasteiger partial charge in [0, 0.05) is 30.3 Å². The molecule has 1 aliphatic heterocycles. The van der Waals surface area contributed by atoms with E-state index in [0.717, 1.165) is 0 Å². The maximum atomic E-state index is 11.9. The molecule has 0 spiro atoms. The Morgan fingerprint density at radius 3 is 3.00 bits per heavy atom. The predicted molar refractivity (Wildman–Crippen MR) is 78.1 cm³/mol. The summed E-state index contributed by atoms with van der Waals surface area (Å²) in [6.45, 7) is 0.396. The van der Waals surface area contributed by atoms with Gasteiger partial charge in [0.15, 0.2) is 9.84 Å². The molecule has 1 amide bonds. The number of nitrogens with one attached hydrogen (secondary N) is 2. The van der Waals surface area contributed by atoms with E-state index in [0.29, 0.717) is 17.8 Å². The molecule has 1 aromatic carbocycles. The van der Waals surface area contributed by atoms with Crippen LogP contribution in [0.1, 0.15) is 12.0 Å². The van der Waals surface area contributed by atoms with Gasteiger partial charge in [-0.2, -0.15) is 0 Å². The van der Waals surface area contributed by atoms with Crippen LogP contribution in [0.4, 0.5) is 5.69 Å². The minimum absolute atomic E-state index is 0.00478. The topological polar surface area (TPSA) is 75.3 Å². The second-order valence-electron chi connectivity index (χ2n) is 4.74. The van der Waals surface area contributed by atoms with E-state index in [1.807, 2.05) is 0 Å². The molecule has 2 rings (SSSR count). The minimum Gasteiger partial charge on any atom is -0.326 e. The fraction of sp³-hybridized carbons (Fsp3) is 0.357. The van der Waals surface area contributed by atoms with Gasteiger partial charge < -0.3 is 10.6 Å². The van der Waals surface area contributed by atoms with Crippen molar-refractivity contribution in [2.24, 2.45) is 0 Å². The van der Waals surface area contributed by atoms with E-state index < -0.39 is 9.84 Å². The summed E-state index contributed by atoms with van der Waals surface area (Å²) in [6.07, 6.45) is 5.41. The van der Waals surface area contributed by atoms with Crippen LogP contribution in [0.3, 0.4) is 0 Å². The lowest BCUT2D eigenvalue weighted by Gasteiger charge is -2.23. The number of carbonyl (C=O) groups excluding carboxylic acids is 1. The highest BCUT2D eigenvalue weighted by Gasteiger charge is 2.25. The highest BCUT2D eigenvalue weighted by molar-refractivity contribution is 7.91. The van der Waals surface area contributed by atoms with Crippen LogP contribution in [0.2, 0.25) is 0 Å². The summed E-state index contributed by atoms with van der Waals surface area (Å²) in [7, 11) is -3.03. The molecule has 0 bridgehead atoms. The minimum atomic E-state index is -3.03. The first-order chi connectivity index (χ1) is 9.48. The van der Waals surface area contributed by atoms with E-state index in [1.165, 1.54) is 0 Å². The summed E-state index contributed by atoms with van der Waals surface area (Å²) in [4.78, 5) is 11.9. The molecule has 0 aliphatic carbocycles. The Morgan fingerprint density at radius 2 is 2.30 bits per heavy atom. The molecule has 0 radical (unpaired) electrons. The van der Waals surface area contributed by atoms with Crippen LogP contribution < -0.4 is 10.6 Å². The zero-order valence-corrected chi connectivity index (χ0v) is 11.7. The molecule has 1 saturated heterocycles. The summed E-state index contributed by atoms with van der Waals surface area (Å²) in [5.41, 5.74) is 1.30. The van der Waals surface area contributed by atoms with Gasteiger partial charge >= 0.3 is 0 Å². The summed E-state index contributed by atoms with van der Waals surface area (Å²) in [5, 5.41) is 5.76. The number of sulfone groups is 1. The van der Waals surface area contributed by atoms with E-state index in [9.17, 15) is 13.2 Å². The largest absolute Gasteiger partial charge is 0.326 e. The van der Waals surface area contributed by atoms with E-state index >= 15 is 0 Å². The number of anilines is 1. The van der Waals surface area contributed by atoms with Gasteiger partial charge in [0.1, 0.15) is 0 Å². The number of hydrogen-bond acceptors (Lipinski definition) is 4. The van der Waals surface area contributed by atoms with E-state index in [-0.39, 0.29) is 29.9 Å². The molecule has 20 heavy (non-hydrogen) atoms. The number of hydrogen-bond donors (Lipinski definition) is 2. The van der Waals surface area contributed by atoms with Crippen LogP contribution >= 0.6 is 0 Å². The van der Waals surface area contributed by atoms with E-state index in [1.54, 1.807) is 24.3 Å². The van der Waals surface area contributed by atoms with Crippen molar-refractivity contribution in [2.45, 2.75) is 12.5 Å². The normalized spacial score (nSPS) is 20.9. The molecule has 1 fully saturated rings. The van der Waals surface area contributed by atoms with Crippen LogP contribution in [-0.4, -0.2) is 38.4 Å². The van der Waals surface area contributed by atoms with Gasteiger partial charge in [-0.05, 0) is 18.2 Å². The molecular weight excluding hydrogens is 276 g/mol. The Labute approximate surface area is 118 Å². The van der Waals surface area contributed by atoms with Gasteiger partial charge in [0.25, 0.3) is 0 Å². The maximum Gasteiger partial charge on any atom is 0.225 e. The molecule has 0 saturated carbocycles. The molecule has 1 atom stereocenters. The molecule has 6 heteroatoms. The standard InChI is InChI=1S/C14H16N2O3S/c1-2-11-4-3-5-12(8-11)16-14(17)9-13-10-20(18,19)7-6-15-13/h1,3-5,8,13,15H,6-7,9-10H2,(H,16,17). The molecule has 1 aromatic rings. The first-order valence-corrected chi connectivity index (χ1v) is 8.11. The number of rotatable bonds is 3. The van der Waals surface area contributed by atoms with Crippen molar-refractivity contribution in [3.05, 3.63) is 29.8 Å². The lowest BCUT2D eigenvalue weighted by atomic mass is 10.2. The zero-order chi connectivity index (χ0) is 14.6. The van der Waals surface area contributed by atoms with Gasteiger partial charge in [0.2, 0.25) is 5.91 Å². The summed E-state index contributed by atoms with van der Waals surface area (Å²) in [5.74, 6) is 2.40. The van der Waals surface area contributed by atoms with Gasteiger partial charge in [-0.15, -0.1) is 6.42 Å². The predicted octanol–water partition coefficient (Wildman–Crippen LogP) is 0.383. The average Bonchev–Trinajstić information content (AvgIpc) is 2.37. The third kappa shape index (κ3) is 4.08. The summed E-state index contributed by atoms with van der Waals surface area (Å²) in [6, 6.07) is 6.63. The number of carbonyl (C=O) groups is 1. The fourth-order valence-corrected chi connectivity index (χ4v) is 3.57. The third-order valence-corrected chi connectivity index (χ3v) is 4.78. The first kappa shape index (κ1) is 14.6. The molecule has 1 aliphatic rings. The van der Waals surface area contributed by atoms with E-state index in [2.05, 4.69) is 16.6 Å². The third-order valence-electron chi connectivity index (χ3n) is 3.05. The SMILES string of the molecule is C#Cc1cccc(NC(=O)CC2CS(=O)(=O)CCN2)c1. The van der Waals surface area contributed by atoms with Crippen molar-refractivity contribution in [1.29, 1.82) is 0 Å². The maximum absolute atomic E-state index is 11.9. The number of terminal acetylenes is 1. The lowest BCUT2D eigenvalue weighted by molar-refractivity contribution is -0.116. The van der Waals surface area contributed by atoms with Crippen molar-refractivity contribution < 1.29 is 13.2 Å². The smallest absolute Gasteiger partial charge is 0.225 e. The average molecular weight is 292 g/mol. The van der Waals surface area contributed by atoms with Gasteiger partial charge in [0.05, 0.1) is 11.5 Å². The summed E-state index contributed by atoms with van der Waals surface area (Å²) >= 11 is 0. The quantitative estimate of drug-likeness (QED) is 0.790. The number of amides is 1. The molecule has 0 aromatic heterocycles. The van der Waals surface area contributed by atoms with Crippen molar-refractivity contribution in [2.75, 3.05) is 23.4 Å². The Hall–Kier alpha value is -1.84. The van der Waals surface area contributed by atoms with Crippen LogP contribution in [0, 0.1) is 12.3 Å². The van der Waals surface area contributed by atoms with Crippen LogP contribution in [0.15, 0.2) is 24.3 Å². The van der Waals surface area contributed by atoms with E-state index in [4.69, 9.17) is 6.42 Å². The van der Waals surface area contributed by atoms with Crippen LogP contribution in [-0.2, 0) is 14.6 Å². The monoisotopic (exact) mass is 292 g/mol. The van der Waals surface area contributed by atoms with Crippen LogP contribution in [0.5, 0.6) is 0 Å². The molecule has 1 heterocycles. The Bertz CT molecular complexity index is 647. The van der Waals surface area contributed by atoms with Crippen molar-refractivity contribution >= 4 is 21.4 Å². The first-order valence-electron chi connectivity index (χ1n) is 6.29. The molecule has 1 unspecified atom stereocenters. The van der Waals surface area contributed by atoms with Crippen molar-refractivity contribution in [3.8, 4) is 12.3 Å².